The molecule has 118 valence electrons. The van der Waals surface area contributed by atoms with E-state index in [1.165, 1.54) is 18.2 Å². The van der Waals surface area contributed by atoms with E-state index in [4.69, 9.17) is 16.9 Å². The van der Waals surface area contributed by atoms with Crippen LogP contribution in [0.15, 0.2) is 42.5 Å². The average molecular weight is 334 g/mol. The second kappa shape index (κ2) is 7.58. The van der Waals surface area contributed by atoms with E-state index < -0.39 is 24.5 Å². The van der Waals surface area contributed by atoms with Gasteiger partial charge in [-0.05, 0) is 35.9 Å². The van der Waals surface area contributed by atoms with Gasteiger partial charge in [-0.2, -0.15) is 5.26 Å². The summed E-state index contributed by atoms with van der Waals surface area (Å²) in [6, 6.07) is 11.0. The Morgan fingerprint density at radius 2 is 2.13 bits per heavy atom. The number of aliphatic hydroxyl groups is 1. The first-order valence-corrected chi connectivity index (χ1v) is 7.04. The molecule has 0 aliphatic heterocycles. The van der Waals surface area contributed by atoms with Crippen LogP contribution in [0, 0.1) is 17.1 Å². The van der Waals surface area contributed by atoms with E-state index in [1.807, 2.05) is 6.07 Å². The summed E-state index contributed by atoms with van der Waals surface area (Å²) in [5.74, 6) is -0.633. The third-order valence-electron chi connectivity index (χ3n) is 3.08. The normalized spacial score (nSPS) is 11.4. The number of nitriles is 1. The van der Waals surface area contributed by atoms with Crippen LogP contribution in [0.2, 0.25) is 5.02 Å². The van der Waals surface area contributed by atoms with Gasteiger partial charge in [0.1, 0.15) is 5.82 Å². The summed E-state index contributed by atoms with van der Waals surface area (Å²) in [7, 11) is 0. The van der Waals surface area contributed by atoms with E-state index in [9.17, 15) is 14.3 Å². The molecule has 5 nitrogen and oxygen atoms in total. The van der Waals surface area contributed by atoms with Gasteiger partial charge in [-0.1, -0.05) is 23.7 Å². The third kappa shape index (κ3) is 4.42. The molecule has 23 heavy (non-hydrogen) atoms. The Morgan fingerprint density at radius 1 is 1.35 bits per heavy atom. The van der Waals surface area contributed by atoms with Gasteiger partial charge in [-0.3, -0.25) is 0 Å². The maximum Gasteiger partial charge on any atom is 0.319 e. The lowest BCUT2D eigenvalue weighted by Crippen LogP contribution is -2.34. The van der Waals surface area contributed by atoms with E-state index >= 15 is 0 Å². The summed E-state index contributed by atoms with van der Waals surface area (Å²) in [6.45, 7) is -0.410. The molecule has 0 aromatic heterocycles. The predicted molar refractivity (Wildman–Crippen MR) is 84.5 cm³/mol. The van der Waals surface area contributed by atoms with Gasteiger partial charge in [0.15, 0.2) is 0 Å². The molecule has 2 aromatic rings. The summed E-state index contributed by atoms with van der Waals surface area (Å²) in [5, 5.41) is 23.2. The Balaban J connectivity index is 2.07. The second-order valence-electron chi connectivity index (χ2n) is 4.70. The molecule has 1 atom stereocenters. The molecule has 2 amide bonds. The number of carbonyl (C=O) groups excluding carboxylic acids is 1. The van der Waals surface area contributed by atoms with Crippen molar-refractivity contribution in [3.8, 4) is 6.07 Å². The zero-order valence-electron chi connectivity index (χ0n) is 11.9. The van der Waals surface area contributed by atoms with Crippen LogP contribution in [0.5, 0.6) is 0 Å². The number of hydrogen-bond acceptors (Lipinski definition) is 3. The van der Waals surface area contributed by atoms with Crippen LogP contribution < -0.4 is 10.6 Å². The minimum Gasteiger partial charge on any atom is -0.394 e. The van der Waals surface area contributed by atoms with Crippen molar-refractivity contribution in [2.45, 2.75) is 6.04 Å². The van der Waals surface area contributed by atoms with Crippen molar-refractivity contribution in [3.05, 3.63) is 64.4 Å². The third-order valence-corrected chi connectivity index (χ3v) is 3.39. The average Bonchev–Trinajstić information content (AvgIpc) is 2.55. The van der Waals surface area contributed by atoms with E-state index in [-0.39, 0.29) is 5.02 Å². The summed E-state index contributed by atoms with van der Waals surface area (Å²) in [6.07, 6.45) is 0. The molecule has 7 heteroatoms. The molecule has 0 saturated carbocycles. The van der Waals surface area contributed by atoms with Gasteiger partial charge in [0.2, 0.25) is 0 Å². The van der Waals surface area contributed by atoms with Crippen LogP contribution in [0.4, 0.5) is 14.9 Å². The summed E-state index contributed by atoms with van der Waals surface area (Å²) >= 11 is 5.61. The smallest absolute Gasteiger partial charge is 0.319 e. The predicted octanol–water partition coefficient (Wildman–Crippen LogP) is 3.21. The van der Waals surface area contributed by atoms with Crippen molar-refractivity contribution >= 4 is 23.3 Å². The first kappa shape index (κ1) is 16.7. The molecule has 0 saturated heterocycles. The molecule has 0 heterocycles. The lowest BCUT2D eigenvalue weighted by Gasteiger charge is -2.17. The monoisotopic (exact) mass is 333 g/mol. The summed E-state index contributed by atoms with van der Waals surface area (Å²) in [5.41, 5.74) is 1.22. The van der Waals surface area contributed by atoms with Gasteiger partial charge < -0.3 is 15.7 Å². The van der Waals surface area contributed by atoms with Crippen LogP contribution >= 0.6 is 11.6 Å². The fourth-order valence-electron chi connectivity index (χ4n) is 1.96. The number of anilines is 1. The van der Waals surface area contributed by atoms with E-state index in [2.05, 4.69) is 10.6 Å². The van der Waals surface area contributed by atoms with Gasteiger partial charge in [0.25, 0.3) is 0 Å². The number of carbonyl (C=O) groups is 1. The number of nitrogens with zero attached hydrogens (tertiary/aromatic N) is 1. The molecule has 0 aliphatic carbocycles. The largest absolute Gasteiger partial charge is 0.394 e. The van der Waals surface area contributed by atoms with Crippen molar-refractivity contribution in [1.29, 1.82) is 5.26 Å². The van der Waals surface area contributed by atoms with Crippen molar-refractivity contribution in [1.82, 2.24) is 5.32 Å². The molecule has 1 unspecified atom stereocenters. The highest BCUT2D eigenvalue weighted by Gasteiger charge is 2.15. The van der Waals surface area contributed by atoms with Crippen molar-refractivity contribution < 1.29 is 14.3 Å². The van der Waals surface area contributed by atoms with E-state index in [1.54, 1.807) is 18.2 Å². The van der Waals surface area contributed by atoms with Crippen LogP contribution in [0.25, 0.3) is 0 Å². The van der Waals surface area contributed by atoms with Gasteiger partial charge in [-0.25, -0.2) is 9.18 Å². The number of hydrogen-bond donors (Lipinski definition) is 3. The highest BCUT2D eigenvalue weighted by atomic mass is 35.5. The number of benzene rings is 2. The quantitative estimate of drug-likeness (QED) is 0.803. The molecular weight excluding hydrogens is 321 g/mol. The van der Waals surface area contributed by atoms with Crippen molar-refractivity contribution in [2.24, 2.45) is 0 Å². The Labute approximate surface area is 137 Å². The maximum atomic E-state index is 13.5. The minimum absolute atomic E-state index is 0.0387. The van der Waals surface area contributed by atoms with Crippen LogP contribution in [0.1, 0.15) is 17.2 Å². The van der Waals surface area contributed by atoms with Crippen LogP contribution in [0.3, 0.4) is 0 Å². The number of nitrogens with one attached hydrogen (secondary N) is 2. The minimum atomic E-state index is -0.791. The number of amides is 2. The zero-order valence-corrected chi connectivity index (χ0v) is 12.6. The fraction of sp³-hybridized carbons (Fsp3) is 0.125. The fourth-order valence-corrected chi connectivity index (χ4v) is 2.07. The molecule has 2 rings (SSSR count). The maximum absolute atomic E-state index is 13.5. The number of rotatable bonds is 4. The molecule has 0 bridgehead atoms. The first-order valence-electron chi connectivity index (χ1n) is 6.67. The van der Waals surface area contributed by atoms with Crippen molar-refractivity contribution in [3.63, 3.8) is 0 Å². The van der Waals surface area contributed by atoms with E-state index in [0.717, 1.165) is 6.07 Å². The lowest BCUT2D eigenvalue weighted by molar-refractivity contribution is 0.225. The van der Waals surface area contributed by atoms with E-state index in [0.29, 0.717) is 16.8 Å². The Morgan fingerprint density at radius 3 is 2.78 bits per heavy atom. The Hall–Kier alpha value is -2.62. The molecule has 0 fully saturated rings. The number of aliphatic hydroxyl groups excluding tert-OH is 1. The standard InChI is InChI=1S/C16H13ClFN3O2/c17-13-5-4-11(7-14(13)18)15(9-22)21-16(23)20-12-3-1-2-10(6-12)8-19/h1-7,15,22H,9H2,(H2,20,21,23). The van der Waals surface area contributed by atoms with Crippen LogP contribution in [-0.4, -0.2) is 17.7 Å². The molecule has 0 aliphatic rings. The van der Waals surface area contributed by atoms with Crippen molar-refractivity contribution in [2.75, 3.05) is 11.9 Å². The number of urea groups is 1. The Kier molecular flexibility index (Phi) is 5.52. The summed E-state index contributed by atoms with van der Waals surface area (Å²) < 4.78 is 13.5. The lowest BCUT2D eigenvalue weighted by atomic mass is 10.1. The first-order chi connectivity index (χ1) is 11.0. The molecule has 2 aromatic carbocycles. The van der Waals surface area contributed by atoms with Gasteiger partial charge in [-0.15, -0.1) is 0 Å². The zero-order chi connectivity index (χ0) is 16.8. The summed E-state index contributed by atoms with van der Waals surface area (Å²) in [4.78, 5) is 12.0. The second-order valence-corrected chi connectivity index (χ2v) is 5.11. The topological polar surface area (TPSA) is 85.2 Å². The molecule has 0 radical (unpaired) electrons. The molecule has 3 N–H and O–H groups in total. The number of halogens is 2. The SMILES string of the molecule is N#Cc1cccc(NC(=O)NC(CO)c2ccc(Cl)c(F)c2)c1. The van der Waals surface area contributed by atoms with Gasteiger partial charge in [0.05, 0.1) is 29.3 Å². The molecular formula is C16H13ClFN3O2. The van der Waals surface area contributed by atoms with Gasteiger partial charge in [0, 0.05) is 5.69 Å². The van der Waals surface area contributed by atoms with Gasteiger partial charge >= 0.3 is 6.03 Å². The van der Waals surface area contributed by atoms with Crippen LogP contribution in [-0.2, 0) is 0 Å². The highest BCUT2D eigenvalue weighted by Crippen LogP contribution is 2.20. The Bertz CT molecular complexity index is 761. The molecule has 0 spiro atoms. The highest BCUT2D eigenvalue weighted by molar-refractivity contribution is 6.30.